The van der Waals surface area contributed by atoms with Crippen molar-refractivity contribution in [3.8, 4) is 5.75 Å². The van der Waals surface area contributed by atoms with E-state index in [1.54, 1.807) is 43.3 Å². The number of methoxy groups -OCH3 is 1. The number of aryl methyl sites for hydroxylation is 1. The average molecular weight is 552 g/mol. The van der Waals surface area contributed by atoms with Gasteiger partial charge in [-0.2, -0.15) is 0 Å². The van der Waals surface area contributed by atoms with Crippen LogP contribution in [0.5, 0.6) is 5.75 Å². The third-order valence-corrected chi connectivity index (χ3v) is 8.22. The lowest BCUT2D eigenvalue weighted by atomic mass is 10.1. The molecule has 0 aromatic heterocycles. The van der Waals surface area contributed by atoms with Gasteiger partial charge in [-0.15, -0.1) is 0 Å². The molecular weight excluding hydrogens is 514 g/mol. The number of sulfonamides is 1. The number of carbonyl (C=O) groups is 2. The number of hydrogen-bond acceptors (Lipinski definition) is 5. The van der Waals surface area contributed by atoms with Crippen LogP contribution < -0.4 is 14.4 Å². The Bertz CT molecular complexity index is 1340. The Kier molecular flexibility index (Phi) is 10.5. The Morgan fingerprint density at radius 3 is 2.31 bits per heavy atom. The molecule has 0 aliphatic carbocycles. The summed E-state index contributed by atoms with van der Waals surface area (Å²) < 4.78 is 34.1. The van der Waals surface area contributed by atoms with Crippen LogP contribution in [0, 0.1) is 6.92 Å². The second kappa shape index (κ2) is 13.8. The highest BCUT2D eigenvalue weighted by Crippen LogP contribution is 2.27. The van der Waals surface area contributed by atoms with E-state index in [-0.39, 0.29) is 23.0 Å². The van der Waals surface area contributed by atoms with Crippen LogP contribution in [-0.4, -0.2) is 57.9 Å². The summed E-state index contributed by atoms with van der Waals surface area (Å²) >= 11 is 0. The molecule has 0 bridgehead atoms. The van der Waals surface area contributed by atoms with Crippen LogP contribution in [-0.2, 0) is 26.0 Å². The Labute approximate surface area is 231 Å². The van der Waals surface area contributed by atoms with Crippen LogP contribution in [0.2, 0.25) is 0 Å². The second-order valence-corrected chi connectivity index (χ2v) is 11.2. The minimum atomic E-state index is -4.12. The molecular formula is C30H37N3O5S. The molecule has 9 heteroatoms. The summed E-state index contributed by atoms with van der Waals surface area (Å²) in [5, 5.41) is 2.85. The van der Waals surface area contributed by atoms with E-state index in [0.29, 0.717) is 18.7 Å². The highest BCUT2D eigenvalue weighted by molar-refractivity contribution is 7.92. The van der Waals surface area contributed by atoms with Crippen molar-refractivity contribution in [3.05, 3.63) is 90.0 Å². The van der Waals surface area contributed by atoms with Crippen molar-refractivity contribution >= 4 is 27.5 Å². The molecule has 0 aliphatic rings. The van der Waals surface area contributed by atoms with Crippen LogP contribution in [0.4, 0.5) is 5.69 Å². The van der Waals surface area contributed by atoms with Gasteiger partial charge in [0.25, 0.3) is 10.0 Å². The summed E-state index contributed by atoms with van der Waals surface area (Å²) in [6.45, 7) is 5.74. The van der Waals surface area contributed by atoms with E-state index in [2.05, 4.69) is 5.32 Å². The third kappa shape index (κ3) is 7.83. The van der Waals surface area contributed by atoms with Crippen molar-refractivity contribution < 1.29 is 22.7 Å². The quantitative estimate of drug-likeness (QED) is 0.344. The molecule has 1 atom stereocenters. The average Bonchev–Trinajstić information content (AvgIpc) is 2.95. The fourth-order valence-corrected chi connectivity index (χ4v) is 5.50. The molecule has 0 saturated carbocycles. The van der Waals surface area contributed by atoms with E-state index in [1.165, 1.54) is 24.1 Å². The predicted molar refractivity (Wildman–Crippen MR) is 153 cm³/mol. The summed E-state index contributed by atoms with van der Waals surface area (Å²) in [4.78, 5) is 28.3. The first-order chi connectivity index (χ1) is 18.7. The van der Waals surface area contributed by atoms with Crippen molar-refractivity contribution in [1.29, 1.82) is 0 Å². The lowest BCUT2D eigenvalue weighted by Crippen LogP contribution is -2.52. The fraction of sp³-hybridized carbons (Fsp3) is 0.333. The Balaban J connectivity index is 1.98. The molecule has 208 valence electrons. The van der Waals surface area contributed by atoms with Gasteiger partial charge in [0.2, 0.25) is 11.8 Å². The molecule has 2 amide bonds. The number of nitrogens with zero attached hydrogens (tertiary/aromatic N) is 2. The summed E-state index contributed by atoms with van der Waals surface area (Å²) in [6.07, 6.45) is 1.27. The first kappa shape index (κ1) is 29.7. The highest BCUT2D eigenvalue weighted by Gasteiger charge is 2.32. The van der Waals surface area contributed by atoms with Crippen molar-refractivity contribution in [2.24, 2.45) is 0 Å². The number of carbonyl (C=O) groups excluding carboxylic acids is 2. The lowest BCUT2D eigenvalue weighted by Gasteiger charge is -2.32. The molecule has 3 aromatic carbocycles. The van der Waals surface area contributed by atoms with Gasteiger partial charge in [-0.3, -0.25) is 13.9 Å². The van der Waals surface area contributed by atoms with E-state index in [1.807, 2.05) is 44.2 Å². The largest absolute Gasteiger partial charge is 0.497 e. The van der Waals surface area contributed by atoms with Gasteiger partial charge in [-0.25, -0.2) is 8.42 Å². The van der Waals surface area contributed by atoms with E-state index in [9.17, 15) is 18.0 Å². The van der Waals surface area contributed by atoms with Gasteiger partial charge in [-0.05, 0) is 56.5 Å². The maximum atomic E-state index is 13.9. The van der Waals surface area contributed by atoms with Gasteiger partial charge in [0.15, 0.2) is 0 Å². The molecule has 0 fully saturated rings. The van der Waals surface area contributed by atoms with Crippen LogP contribution in [0.1, 0.15) is 31.4 Å². The predicted octanol–water partition coefficient (Wildman–Crippen LogP) is 4.18. The van der Waals surface area contributed by atoms with Gasteiger partial charge < -0.3 is 15.0 Å². The van der Waals surface area contributed by atoms with Gasteiger partial charge >= 0.3 is 0 Å². The first-order valence-corrected chi connectivity index (χ1v) is 14.5. The van der Waals surface area contributed by atoms with Crippen LogP contribution in [0.3, 0.4) is 0 Å². The molecule has 0 heterocycles. The molecule has 3 aromatic rings. The van der Waals surface area contributed by atoms with E-state index < -0.39 is 28.5 Å². The molecule has 39 heavy (non-hydrogen) atoms. The Hall–Kier alpha value is -3.85. The molecule has 0 aliphatic heterocycles. The minimum absolute atomic E-state index is 0.0632. The van der Waals surface area contributed by atoms with Gasteiger partial charge in [-0.1, -0.05) is 61.0 Å². The number of rotatable bonds is 13. The molecule has 0 saturated heterocycles. The van der Waals surface area contributed by atoms with Crippen LogP contribution in [0.25, 0.3) is 0 Å². The number of anilines is 1. The SMILES string of the molecule is CCCNC(=O)[C@@H](C)N(CCc1ccccc1)C(=O)CN(c1cccc(OC)c1)S(=O)(=O)c1ccc(C)cc1. The van der Waals surface area contributed by atoms with Crippen molar-refractivity contribution in [1.82, 2.24) is 10.2 Å². The second-order valence-electron chi connectivity index (χ2n) is 9.32. The van der Waals surface area contributed by atoms with Gasteiger partial charge in [0.1, 0.15) is 18.3 Å². The minimum Gasteiger partial charge on any atom is -0.497 e. The van der Waals surface area contributed by atoms with Crippen molar-refractivity contribution in [2.75, 3.05) is 31.0 Å². The monoisotopic (exact) mass is 551 g/mol. The highest BCUT2D eigenvalue weighted by atomic mass is 32.2. The number of hydrogen-bond donors (Lipinski definition) is 1. The molecule has 3 rings (SSSR count). The zero-order valence-corrected chi connectivity index (χ0v) is 23.8. The fourth-order valence-electron chi connectivity index (χ4n) is 4.10. The topological polar surface area (TPSA) is 96.0 Å². The third-order valence-electron chi connectivity index (χ3n) is 6.43. The molecule has 8 nitrogen and oxygen atoms in total. The smallest absolute Gasteiger partial charge is 0.264 e. The normalized spacial score (nSPS) is 11.9. The van der Waals surface area contributed by atoms with E-state index >= 15 is 0 Å². The van der Waals surface area contributed by atoms with Crippen molar-refractivity contribution in [2.45, 2.75) is 44.6 Å². The maximum absolute atomic E-state index is 13.9. The molecule has 0 unspecified atom stereocenters. The Morgan fingerprint density at radius 1 is 0.974 bits per heavy atom. The zero-order valence-electron chi connectivity index (χ0n) is 23.0. The maximum Gasteiger partial charge on any atom is 0.264 e. The van der Waals surface area contributed by atoms with Crippen molar-refractivity contribution in [3.63, 3.8) is 0 Å². The first-order valence-electron chi connectivity index (χ1n) is 13.0. The van der Waals surface area contributed by atoms with Crippen LogP contribution in [0.15, 0.2) is 83.8 Å². The zero-order chi connectivity index (χ0) is 28.4. The summed E-state index contributed by atoms with van der Waals surface area (Å²) in [5.74, 6) is -0.312. The van der Waals surface area contributed by atoms with Gasteiger partial charge in [0.05, 0.1) is 17.7 Å². The summed E-state index contributed by atoms with van der Waals surface area (Å²) in [5.41, 5.74) is 2.21. The van der Waals surface area contributed by atoms with E-state index in [4.69, 9.17) is 4.74 Å². The molecule has 0 spiro atoms. The number of benzene rings is 3. The number of amides is 2. The standard InChI is InChI=1S/C30H37N3O5S/c1-5-19-31-30(35)24(3)32(20-18-25-10-7-6-8-11-25)29(34)22-33(26-12-9-13-27(21-26)38-4)39(36,37)28-16-14-23(2)15-17-28/h6-17,21,24H,5,18-20,22H2,1-4H3,(H,31,35)/t24-/m1/s1. The number of ether oxygens (including phenoxy) is 1. The molecule has 0 radical (unpaired) electrons. The summed E-state index contributed by atoms with van der Waals surface area (Å²) in [6, 6.07) is 21.9. The number of nitrogens with one attached hydrogen (secondary N) is 1. The van der Waals surface area contributed by atoms with Crippen LogP contribution >= 0.6 is 0 Å². The lowest BCUT2D eigenvalue weighted by molar-refractivity contribution is -0.138. The van der Waals surface area contributed by atoms with E-state index in [0.717, 1.165) is 21.9 Å². The van der Waals surface area contributed by atoms with Gasteiger partial charge in [0, 0.05) is 19.2 Å². The summed E-state index contributed by atoms with van der Waals surface area (Å²) in [7, 11) is -2.63. The molecule has 1 N–H and O–H groups in total. The Morgan fingerprint density at radius 2 is 1.67 bits per heavy atom.